The Balaban J connectivity index is 1.58. The number of nitrogens with zero attached hydrogens (tertiary/aromatic N) is 2. The molecule has 4 rings (SSSR count). The van der Waals surface area contributed by atoms with Crippen LogP contribution in [0.3, 0.4) is 0 Å². The fourth-order valence-electron chi connectivity index (χ4n) is 4.14. The number of carboxylic acids is 1. The van der Waals surface area contributed by atoms with Gasteiger partial charge in [0.25, 0.3) is 0 Å². The van der Waals surface area contributed by atoms with Crippen LogP contribution in [0.1, 0.15) is 33.9 Å². The molecule has 9 nitrogen and oxygen atoms in total. The second-order valence-electron chi connectivity index (χ2n) is 8.17. The molecular formula is C23H25N3O6. The third-order valence-electron chi connectivity index (χ3n) is 5.90. The summed E-state index contributed by atoms with van der Waals surface area (Å²) >= 11 is 0. The zero-order valence-corrected chi connectivity index (χ0v) is 17.7. The summed E-state index contributed by atoms with van der Waals surface area (Å²) in [5.74, 6) is -1.73. The molecule has 3 aromatic rings. The minimum absolute atomic E-state index is 0.109. The first-order chi connectivity index (χ1) is 15.3. The van der Waals surface area contributed by atoms with Crippen molar-refractivity contribution in [2.24, 2.45) is 0 Å². The number of aromatic amines is 1. The number of carbonyl (C=O) groups is 2. The number of oxazole rings is 1. The van der Waals surface area contributed by atoms with Gasteiger partial charge in [-0.3, -0.25) is 14.7 Å². The first-order valence-corrected chi connectivity index (χ1v) is 10.4. The summed E-state index contributed by atoms with van der Waals surface area (Å²) in [4.78, 5) is 42.3. The summed E-state index contributed by atoms with van der Waals surface area (Å²) in [5, 5.41) is 19.3. The zero-order chi connectivity index (χ0) is 22.8. The van der Waals surface area contributed by atoms with Crippen molar-refractivity contribution in [3.05, 3.63) is 69.7 Å². The zero-order valence-electron chi connectivity index (χ0n) is 17.7. The van der Waals surface area contributed by atoms with Crippen LogP contribution >= 0.6 is 0 Å². The Bertz CT molecular complexity index is 1200. The van der Waals surface area contributed by atoms with Crippen LogP contribution in [0, 0.1) is 0 Å². The van der Waals surface area contributed by atoms with Gasteiger partial charge in [0.1, 0.15) is 0 Å². The Hall–Kier alpha value is -3.43. The Kier molecular flexibility index (Phi) is 6.11. The number of carbonyl (C=O) groups excluding carboxylic acids is 1. The maximum absolute atomic E-state index is 13.2. The molecule has 0 radical (unpaired) electrons. The van der Waals surface area contributed by atoms with Gasteiger partial charge in [-0.15, -0.1) is 0 Å². The first-order valence-electron chi connectivity index (χ1n) is 10.4. The molecule has 3 N–H and O–H groups in total. The Morgan fingerprint density at radius 2 is 2.09 bits per heavy atom. The molecule has 0 spiro atoms. The van der Waals surface area contributed by atoms with E-state index in [0.717, 1.165) is 11.1 Å². The number of likely N-dealkylation sites (N-methyl/N-ethyl adjacent to an activating group) is 1. The van der Waals surface area contributed by atoms with E-state index in [1.165, 1.54) is 6.07 Å². The lowest BCUT2D eigenvalue weighted by molar-refractivity contribution is -0.131. The molecule has 2 aromatic carbocycles. The van der Waals surface area contributed by atoms with Crippen LogP contribution in [0.4, 0.5) is 0 Å². The van der Waals surface area contributed by atoms with E-state index in [4.69, 9.17) is 4.42 Å². The molecule has 2 atom stereocenters. The first kappa shape index (κ1) is 21.8. The number of rotatable bonds is 7. The highest BCUT2D eigenvalue weighted by Gasteiger charge is 2.28. The molecule has 32 heavy (non-hydrogen) atoms. The lowest BCUT2D eigenvalue weighted by Gasteiger charge is -2.32. The van der Waals surface area contributed by atoms with Crippen LogP contribution in [0.5, 0.6) is 0 Å². The van der Waals surface area contributed by atoms with Gasteiger partial charge < -0.3 is 19.5 Å². The topological polar surface area (TPSA) is 127 Å². The summed E-state index contributed by atoms with van der Waals surface area (Å²) in [7, 11) is 1.70. The number of amides is 1. The highest BCUT2D eigenvalue weighted by molar-refractivity contribution is 5.88. The van der Waals surface area contributed by atoms with Gasteiger partial charge in [-0.2, -0.15) is 0 Å². The lowest BCUT2D eigenvalue weighted by Crippen LogP contribution is -2.39. The van der Waals surface area contributed by atoms with Gasteiger partial charge in [-0.05, 0) is 41.8 Å². The summed E-state index contributed by atoms with van der Waals surface area (Å²) in [5.41, 5.74) is 2.55. The molecule has 1 aromatic heterocycles. The van der Waals surface area contributed by atoms with Crippen molar-refractivity contribution in [2.75, 3.05) is 26.7 Å². The molecule has 0 saturated carbocycles. The third-order valence-corrected chi connectivity index (χ3v) is 5.90. The molecule has 9 heteroatoms. The monoisotopic (exact) mass is 439 g/mol. The Morgan fingerprint density at radius 3 is 2.81 bits per heavy atom. The average Bonchev–Trinajstić information content (AvgIpc) is 3.35. The van der Waals surface area contributed by atoms with Crippen LogP contribution in [0.25, 0.3) is 11.1 Å². The van der Waals surface area contributed by atoms with Crippen LogP contribution < -0.4 is 5.76 Å². The van der Waals surface area contributed by atoms with E-state index < -0.39 is 17.8 Å². The quantitative estimate of drug-likeness (QED) is 0.511. The fraction of sp³-hybridized carbons (Fsp3) is 0.348. The van der Waals surface area contributed by atoms with E-state index in [1.807, 2.05) is 6.07 Å². The highest BCUT2D eigenvalue weighted by Crippen LogP contribution is 2.25. The summed E-state index contributed by atoms with van der Waals surface area (Å²) in [6.07, 6.45) is 0.380. The SMILES string of the molecule is CN(C(=O)Cc1ccc2oc(=O)[nH]c2c1)C(CN1CC[C@H](O)C1)c1cccc(C(=O)O)c1. The smallest absolute Gasteiger partial charge is 0.417 e. The van der Waals surface area contributed by atoms with Crippen LogP contribution in [0.15, 0.2) is 51.7 Å². The number of aromatic carboxylic acids is 1. The van der Waals surface area contributed by atoms with Gasteiger partial charge in [0.15, 0.2) is 5.58 Å². The number of hydrogen-bond donors (Lipinski definition) is 3. The maximum atomic E-state index is 13.2. The van der Waals surface area contributed by atoms with Crippen molar-refractivity contribution < 1.29 is 24.2 Å². The number of H-pyrrole nitrogens is 1. The van der Waals surface area contributed by atoms with Crippen LogP contribution in [0.2, 0.25) is 0 Å². The van der Waals surface area contributed by atoms with E-state index in [-0.39, 0.29) is 23.9 Å². The van der Waals surface area contributed by atoms with Crippen LogP contribution in [-0.4, -0.2) is 69.7 Å². The number of carboxylic acid groups (broad SMARTS) is 1. The number of benzene rings is 2. The number of aliphatic hydroxyl groups is 1. The van der Waals surface area contributed by atoms with Crippen molar-refractivity contribution in [3.63, 3.8) is 0 Å². The van der Waals surface area contributed by atoms with E-state index in [9.17, 15) is 24.6 Å². The van der Waals surface area contributed by atoms with E-state index in [1.54, 1.807) is 42.3 Å². The number of fused-ring (bicyclic) bond motifs is 1. The van der Waals surface area contributed by atoms with Crippen molar-refractivity contribution in [2.45, 2.75) is 25.0 Å². The second-order valence-corrected chi connectivity index (χ2v) is 8.17. The van der Waals surface area contributed by atoms with Crippen molar-refractivity contribution in [3.8, 4) is 0 Å². The van der Waals surface area contributed by atoms with Gasteiger partial charge in [0, 0.05) is 26.7 Å². The normalized spacial score (nSPS) is 17.5. The van der Waals surface area contributed by atoms with Gasteiger partial charge in [0.2, 0.25) is 5.91 Å². The Labute approximate surface area is 183 Å². The van der Waals surface area contributed by atoms with Gasteiger partial charge in [-0.25, -0.2) is 9.59 Å². The molecule has 1 aliphatic rings. The molecule has 168 valence electrons. The van der Waals surface area contributed by atoms with E-state index in [2.05, 4.69) is 9.88 Å². The lowest BCUT2D eigenvalue weighted by atomic mass is 10.0. The molecule has 1 fully saturated rings. The summed E-state index contributed by atoms with van der Waals surface area (Å²) in [6, 6.07) is 11.3. The molecule has 1 amide bonds. The molecule has 1 aliphatic heterocycles. The van der Waals surface area contributed by atoms with Gasteiger partial charge in [0.05, 0.1) is 29.6 Å². The van der Waals surface area contributed by atoms with Crippen LogP contribution in [-0.2, 0) is 11.2 Å². The number of likely N-dealkylation sites (tertiary alicyclic amines) is 1. The number of hydrogen-bond acceptors (Lipinski definition) is 6. The summed E-state index contributed by atoms with van der Waals surface area (Å²) < 4.78 is 5.00. The second kappa shape index (κ2) is 8.97. The maximum Gasteiger partial charge on any atom is 0.417 e. The number of β-amino-alcohol motifs (C(OH)–C–C–N with tert-alkyl or cyclic N) is 1. The number of nitrogens with one attached hydrogen (secondary N) is 1. The molecule has 0 aliphatic carbocycles. The number of aliphatic hydroxyl groups excluding tert-OH is 1. The van der Waals surface area contributed by atoms with Crippen molar-refractivity contribution in [1.29, 1.82) is 0 Å². The molecule has 1 unspecified atom stereocenters. The Morgan fingerprint density at radius 1 is 1.28 bits per heavy atom. The minimum atomic E-state index is -1.03. The molecular weight excluding hydrogens is 414 g/mol. The molecule has 2 heterocycles. The molecule has 1 saturated heterocycles. The molecule has 0 bridgehead atoms. The largest absolute Gasteiger partial charge is 0.478 e. The van der Waals surface area contributed by atoms with E-state index in [0.29, 0.717) is 37.2 Å². The minimum Gasteiger partial charge on any atom is -0.478 e. The van der Waals surface area contributed by atoms with Crippen molar-refractivity contribution in [1.82, 2.24) is 14.8 Å². The highest BCUT2D eigenvalue weighted by atomic mass is 16.4. The predicted octanol–water partition coefficient (Wildman–Crippen LogP) is 1.63. The third kappa shape index (κ3) is 4.74. The van der Waals surface area contributed by atoms with E-state index >= 15 is 0 Å². The van der Waals surface area contributed by atoms with Crippen molar-refractivity contribution >= 4 is 23.0 Å². The average molecular weight is 439 g/mol. The van der Waals surface area contributed by atoms with Gasteiger partial charge >= 0.3 is 11.7 Å². The number of aromatic nitrogens is 1. The fourth-order valence-corrected chi connectivity index (χ4v) is 4.14. The predicted molar refractivity (Wildman–Crippen MR) is 117 cm³/mol. The standard InChI is InChI=1S/C23H25N3O6/c1-25(21(28)10-14-5-6-20-18(9-14)24-23(31)32-20)19(13-26-8-7-17(27)12-26)15-3-2-4-16(11-15)22(29)30/h2-6,9,11,17,19,27H,7-8,10,12-13H2,1H3,(H,24,31)(H,29,30)/t17-,19?/m0/s1. The van der Waals surface area contributed by atoms with Gasteiger partial charge in [-0.1, -0.05) is 18.2 Å². The summed E-state index contributed by atoms with van der Waals surface area (Å²) in [6.45, 7) is 1.71.